The van der Waals surface area contributed by atoms with Crippen LogP contribution in [-0.4, -0.2) is 25.7 Å². The number of nitrogens with one attached hydrogen (secondary N) is 2. The van der Waals surface area contributed by atoms with Crippen molar-refractivity contribution >= 4 is 17.4 Å². The summed E-state index contributed by atoms with van der Waals surface area (Å²) < 4.78 is 0. The molecule has 0 spiro atoms. The summed E-state index contributed by atoms with van der Waals surface area (Å²) in [5.41, 5.74) is 2.05. The van der Waals surface area contributed by atoms with E-state index in [0.717, 1.165) is 31.0 Å². The molecule has 2 amide bonds. The van der Waals surface area contributed by atoms with Crippen LogP contribution in [0.15, 0.2) is 24.3 Å². The predicted molar refractivity (Wildman–Crippen MR) is 70.5 cm³/mol. The third-order valence-corrected chi connectivity index (χ3v) is 2.75. The zero-order valence-electron chi connectivity index (χ0n) is 10.4. The molecule has 0 unspecified atom stereocenters. The van der Waals surface area contributed by atoms with E-state index in [1.54, 1.807) is 4.90 Å². The van der Waals surface area contributed by atoms with Crippen LogP contribution in [0, 0.1) is 5.92 Å². The Morgan fingerprint density at radius 1 is 1.35 bits per heavy atom. The molecule has 1 aromatic carbocycles. The lowest BCUT2D eigenvalue weighted by Gasteiger charge is -2.15. The molecule has 1 fully saturated rings. The number of benzene rings is 1. The maximum Gasteiger partial charge on any atom is 0.321 e. The van der Waals surface area contributed by atoms with E-state index in [1.165, 1.54) is 0 Å². The summed E-state index contributed by atoms with van der Waals surface area (Å²) in [5.74, 6) is 0.624. The van der Waals surface area contributed by atoms with Crippen molar-refractivity contribution < 1.29 is 4.79 Å². The lowest BCUT2D eigenvalue weighted by molar-refractivity contribution is 0.252. The molecule has 1 aromatic rings. The minimum atomic E-state index is -0.00658. The Morgan fingerprint density at radius 3 is 2.59 bits per heavy atom. The normalized spacial score (nSPS) is 15.2. The Kier molecular flexibility index (Phi) is 3.52. The second kappa shape index (κ2) is 5.08. The first-order valence-electron chi connectivity index (χ1n) is 6.06. The number of amides is 2. The van der Waals surface area contributed by atoms with Crippen LogP contribution in [-0.2, 0) is 0 Å². The van der Waals surface area contributed by atoms with Crippen molar-refractivity contribution in [3.05, 3.63) is 24.3 Å². The predicted octanol–water partition coefficient (Wildman–Crippen LogP) is 2.28. The monoisotopic (exact) mass is 233 g/mol. The Bertz CT molecular complexity index is 386. The highest BCUT2D eigenvalue weighted by Crippen LogP contribution is 2.19. The van der Waals surface area contributed by atoms with Gasteiger partial charge in [-0.05, 0) is 30.2 Å². The number of hydrogen-bond acceptors (Lipinski definition) is 2. The van der Waals surface area contributed by atoms with Crippen LogP contribution >= 0.6 is 0 Å². The molecule has 0 aliphatic carbocycles. The molecule has 92 valence electrons. The molecule has 0 radical (unpaired) electrons. The number of nitrogens with zero attached hydrogens (tertiary/aromatic N) is 1. The van der Waals surface area contributed by atoms with Gasteiger partial charge in [-0.3, -0.25) is 4.90 Å². The maximum absolute atomic E-state index is 11.5. The van der Waals surface area contributed by atoms with Gasteiger partial charge in [-0.1, -0.05) is 13.8 Å². The molecular weight excluding hydrogens is 214 g/mol. The minimum absolute atomic E-state index is 0.00658. The summed E-state index contributed by atoms with van der Waals surface area (Å²) in [6.07, 6.45) is 0. The van der Waals surface area contributed by atoms with Gasteiger partial charge in [-0.15, -0.1) is 0 Å². The van der Waals surface area contributed by atoms with Crippen molar-refractivity contribution in [3.8, 4) is 0 Å². The zero-order valence-corrected chi connectivity index (χ0v) is 10.4. The van der Waals surface area contributed by atoms with E-state index in [1.807, 2.05) is 24.3 Å². The van der Waals surface area contributed by atoms with Crippen molar-refractivity contribution in [2.75, 3.05) is 29.9 Å². The average molecular weight is 233 g/mol. The first kappa shape index (κ1) is 11.8. The fraction of sp³-hybridized carbons (Fsp3) is 0.462. The molecule has 1 aliphatic rings. The molecule has 0 aromatic heterocycles. The van der Waals surface area contributed by atoms with E-state index >= 15 is 0 Å². The first-order valence-corrected chi connectivity index (χ1v) is 6.06. The fourth-order valence-electron chi connectivity index (χ4n) is 1.80. The molecule has 0 saturated carbocycles. The zero-order chi connectivity index (χ0) is 12.3. The summed E-state index contributed by atoms with van der Waals surface area (Å²) >= 11 is 0. The second-order valence-corrected chi connectivity index (χ2v) is 4.71. The number of carbonyl (C=O) groups excluding carboxylic acids is 1. The fourth-order valence-corrected chi connectivity index (χ4v) is 1.80. The van der Waals surface area contributed by atoms with Gasteiger partial charge in [0, 0.05) is 31.0 Å². The Hall–Kier alpha value is -1.71. The van der Waals surface area contributed by atoms with Gasteiger partial charge in [-0.2, -0.15) is 0 Å². The largest absolute Gasteiger partial charge is 0.385 e. The Labute approximate surface area is 102 Å². The Balaban J connectivity index is 2.00. The van der Waals surface area contributed by atoms with Crippen LogP contribution in [0.3, 0.4) is 0 Å². The van der Waals surface area contributed by atoms with E-state index in [0.29, 0.717) is 5.92 Å². The van der Waals surface area contributed by atoms with Crippen molar-refractivity contribution in [1.29, 1.82) is 0 Å². The summed E-state index contributed by atoms with van der Waals surface area (Å²) in [5, 5.41) is 6.15. The lowest BCUT2D eigenvalue weighted by Crippen LogP contribution is -2.27. The molecule has 1 saturated heterocycles. The van der Waals surface area contributed by atoms with Crippen molar-refractivity contribution in [2.24, 2.45) is 5.92 Å². The van der Waals surface area contributed by atoms with E-state index in [-0.39, 0.29) is 6.03 Å². The highest BCUT2D eigenvalue weighted by Gasteiger charge is 2.20. The molecule has 4 heteroatoms. The number of hydrogen-bond donors (Lipinski definition) is 2. The third-order valence-electron chi connectivity index (χ3n) is 2.75. The van der Waals surface area contributed by atoms with Gasteiger partial charge in [0.2, 0.25) is 0 Å². The van der Waals surface area contributed by atoms with Gasteiger partial charge in [0.05, 0.1) is 0 Å². The number of carbonyl (C=O) groups is 1. The third kappa shape index (κ3) is 2.90. The molecule has 4 nitrogen and oxygen atoms in total. The summed E-state index contributed by atoms with van der Waals surface area (Å²) in [7, 11) is 0. The molecule has 2 N–H and O–H groups in total. The molecule has 2 rings (SSSR count). The van der Waals surface area contributed by atoms with Crippen molar-refractivity contribution in [1.82, 2.24) is 5.32 Å². The van der Waals surface area contributed by atoms with Crippen LogP contribution in [0.5, 0.6) is 0 Å². The quantitative estimate of drug-likeness (QED) is 0.838. The molecule has 1 aliphatic heterocycles. The minimum Gasteiger partial charge on any atom is -0.385 e. The van der Waals surface area contributed by atoms with Crippen LogP contribution < -0.4 is 15.5 Å². The molecule has 0 atom stereocenters. The number of anilines is 2. The molecule has 0 bridgehead atoms. The Morgan fingerprint density at radius 2 is 2.06 bits per heavy atom. The molecular formula is C13H19N3O. The standard InChI is InChI=1S/C13H19N3O/c1-10(2)9-15-11-3-5-12(6-4-11)16-8-7-14-13(16)17/h3-6,10,15H,7-9H2,1-2H3,(H,14,17). The average Bonchev–Trinajstić information content (AvgIpc) is 2.73. The van der Waals surface area contributed by atoms with Crippen molar-refractivity contribution in [2.45, 2.75) is 13.8 Å². The second-order valence-electron chi connectivity index (χ2n) is 4.71. The number of urea groups is 1. The van der Waals surface area contributed by atoms with Gasteiger partial charge >= 0.3 is 6.03 Å². The number of rotatable bonds is 4. The van der Waals surface area contributed by atoms with E-state index in [2.05, 4.69) is 24.5 Å². The van der Waals surface area contributed by atoms with Gasteiger partial charge in [0.25, 0.3) is 0 Å². The summed E-state index contributed by atoms with van der Waals surface area (Å²) in [6, 6.07) is 7.99. The lowest BCUT2D eigenvalue weighted by atomic mass is 10.2. The topological polar surface area (TPSA) is 44.4 Å². The van der Waals surface area contributed by atoms with Crippen LogP contribution in [0.25, 0.3) is 0 Å². The smallest absolute Gasteiger partial charge is 0.321 e. The maximum atomic E-state index is 11.5. The van der Waals surface area contributed by atoms with Gasteiger partial charge in [-0.25, -0.2) is 4.79 Å². The van der Waals surface area contributed by atoms with Gasteiger partial charge in [0.15, 0.2) is 0 Å². The summed E-state index contributed by atoms with van der Waals surface area (Å²) in [6.45, 7) is 6.79. The summed E-state index contributed by atoms with van der Waals surface area (Å²) in [4.78, 5) is 13.2. The highest BCUT2D eigenvalue weighted by molar-refractivity contribution is 5.94. The molecule has 1 heterocycles. The van der Waals surface area contributed by atoms with E-state index < -0.39 is 0 Å². The van der Waals surface area contributed by atoms with Crippen molar-refractivity contribution in [3.63, 3.8) is 0 Å². The van der Waals surface area contributed by atoms with Crippen LogP contribution in [0.2, 0.25) is 0 Å². The van der Waals surface area contributed by atoms with Gasteiger partial charge in [0.1, 0.15) is 0 Å². The molecule has 17 heavy (non-hydrogen) atoms. The van der Waals surface area contributed by atoms with E-state index in [4.69, 9.17) is 0 Å². The van der Waals surface area contributed by atoms with Crippen LogP contribution in [0.1, 0.15) is 13.8 Å². The highest BCUT2D eigenvalue weighted by atomic mass is 16.2. The van der Waals surface area contributed by atoms with Gasteiger partial charge < -0.3 is 10.6 Å². The van der Waals surface area contributed by atoms with Crippen LogP contribution in [0.4, 0.5) is 16.2 Å². The first-order chi connectivity index (χ1) is 8.16. The SMILES string of the molecule is CC(C)CNc1ccc(N2CCNC2=O)cc1. The van der Waals surface area contributed by atoms with E-state index in [9.17, 15) is 4.79 Å².